The molecule has 0 aliphatic rings. The number of carbonyl (C=O) groups is 1. The highest BCUT2D eigenvalue weighted by Gasteiger charge is 2.23. The molecule has 1 N–H and O–H groups in total. The van der Waals surface area contributed by atoms with Gasteiger partial charge in [0.25, 0.3) is 0 Å². The molecule has 0 spiro atoms. The zero-order valence-corrected chi connectivity index (χ0v) is 19.1. The molecule has 0 aliphatic carbocycles. The minimum Gasteiger partial charge on any atom is -0.310 e. The Kier molecular flexibility index (Phi) is 5.82. The van der Waals surface area contributed by atoms with Gasteiger partial charge in [0.15, 0.2) is 5.16 Å². The van der Waals surface area contributed by atoms with E-state index in [0.29, 0.717) is 11.0 Å². The van der Waals surface area contributed by atoms with E-state index in [-0.39, 0.29) is 17.2 Å². The number of benzene rings is 1. The summed E-state index contributed by atoms with van der Waals surface area (Å²) in [5.74, 6) is 0.588. The van der Waals surface area contributed by atoms with Gasteiger partial charge in [-0.1, -0.05) is 42.1 Å². The van der Waals surface area contributed by atoms with Gasteiger partial charge in [0, 0.05) is 17.7 Å². The fourth-order valence-electron chi connectivity index (χ4n) is 3.54. The fraction of sp³-hybridized carbons (Fsp3) is 0.304. The van der Waals surface area contributed by atoms with Crippen molar-refractivity contribution < 1.29 is 4.79 Å². The van der Waals surface area contributed by atoms with Gasteiger partial charge in [0.2, 0.25) is 5.91 Å². The first-order valence-electron chi connectivity index (χ1n) is 10.3. The monoisotopic (exact) mass is 434 g/mol. The molecule has 7 nitrogen and oxygen atoms in total. The third-order valence-electron chi connectivity index (χ3n) is 4.99. The molecule has 8 heteroatoms. The number of hydrogen-bond acceptors (Lipinski definition) is 5. The average Bonchev–Trinajstić information content (AvgIpc) is 3.34. The first-order valence-corrected chi connectivity index (χ1v) is 11.2. The number of nitrogens with one attached hydrogen (secondary N) is 1. The maximum absolute atomic E-state index is 12.9. The van der Waals surface area contributed by atoms with Crippen LogP contribution in [0.3, 0.4) is 0 Å². The molecule has 1 amide bonds. The molecule has 3 heterocycles. The molecule has 0 aliphatic heterocycles. The summed E-state index contributed by atoms with van der Waals surface area (Å²) in [5.41, 5.74) is 4.87. The number of nitrogens with zero attached hydrogens (tertiary/aromatic N) is 5. The van der Waals surface area contributed by atoms with Crippen molar-refractivity contribution in [3.63, 3.8) is 0 Å². The van der Waals surface area contributed by atoms with E-state index in [2.05, 4.69) is 23.4 Å². The summed E-state index contributed by atoms with van der Waals surface area (Å²) >= 11 is 1.40. The lowest BCUT2D eigenvalue weighted by atomic mass is 10.1. The second-order valence-electron chi connectivity index (χ2n) is 7.84. The van der Waals surface area contributed by atoms with Crippen LogP contribution < -0.4 is 5.32 Å². The van der Waals surface area contributed by atoms with Crippen LogP contribution in [0, 0.1) is 13.8 Å². The summed E-state index contributed by atoms with van der Waals surface area (Å²) < 4.78 is 3.65. The van der Waals surface area contributed by atoms with Crippen LogP contribution in [0.15, 0.2) is 53.8 Å². The van der Waals surface area contributed by atoms with E-state index in [1.807, 2.05) is 68.6 Å². The molecule has 0 radical (unpaired) electrons. The van der Waals surface area contributed by atoms with Crippen LogP contribution in [-0.2, 0) is 4.79 Å². The molecule has 4 aromatic rings. The molecule has 1 aromatic carbocycles. The van der Waals surface area contributed by atoms with Gasteiger partial charge in [-0.3, -0.25) is 4.79 Å². The molecule has 3 aromatic heterocycles. The Balaban J connectivity index is 1.66. The Labute approximate surface area is 185 Å². The number of anilines is 1. The highest BCUT2D eigenvalue weighted by atomic mass is 32.2. The first kappa shape index (κ1) is 21.1. The fourth-order valence-corrected chi connectivity index (χ4v) is 4.40. The molecule has 1 atom stereocenters. The van der Waals surface area contributed by atoms with E-state index in [9.17, 15) is 4.79 Å². The van der Waals surface area contributed by atoms with E-state index in [4.69, 9.17) is 10.1 Å². The summed E-state index contributed by atoms with van der Waals surface area (Å²) in [6.45, 7) is 9.96. The maximum atomic E-state index is 12.9. The van der Waals surface area contributed by atoms with Gasteiger partial charge in [-0.2, -0.15) is 10.2 Å². The molecular weight excluding hydrogens is 408 g/mol. The minimum absolute atomic E-state index is 0.102. The summed E-state index contributed by atoms with van der Waals surface area (Å²) in [4.78, 5) is 17.8. The molecule has 1 unspecified atom stereocenters. The Morgan fingerprint density at radius 2 is 1.84 bits per heavy atom. The molecule has 0 fully saturated rings. The van der Waals surface area contributed by atoms with Crippen LogP contribution in [0.25, 0.3) is 16.8 Å². The number of hydrogen-bond donors (Lipinski definition) is 1. The van der Waals surface area contributed by atoms with E-state index in [1.165, 1.54) is 11.8 Å². The number of amides is 1. The van der Waals surface area contributed by atoms with Crippen molar-refractivity contribution in [2.45, 2.75) is 51.1 Å². The van der Waals surface area contributed by atoms with Gasteiger partial charge < -0.3 is 5.32 Å². The predicted molar refractivity (Wildman–Crippen MR) is 124 cm³/mol. The van der Waals surface area contributed by atoms with Crippen molar-refractivity contribution in [3.8, 4) is 11.3 Å². The Bertz CT molecular complexity index is 1230. The average molecular weight is 435 g/mol. The largest absolute Gasteiger partial charge is 0.310 e. The van der Waals surface area contributed by atoms with Crippen molar-refractivity contribution in [3.05, 3.63) is 59.9 Å². The number of imidazole rings is 1. The Morgan fingerprint density at radius 3 is 2.55 bits per heavy atom. The Hall–Kier alpha value is -3.13. The van der Waals surface area contributed by atoms with Gasteiger partial charge >= 0.3 is 0 Å². The van der Waals surface area contributed by atoms with Crippen molar-refractivity contribution in [1.82, 2.24) is 24.4 Å². The highest BCUT2D eigenvalue weighted by Crippen LogP contribution is 2.32. The summed E-state index contributed by atoms with van der Waals surface area (Å²) in [6, 6.07) is 14.1. The van der Waals surface area contributed by atoms with Gasteiger partial charge in [0.1, 0.15) is 5.82 Å². The van der Waals surface area contributed by atoms with Crippen LogP contribution in [0.4, 0.5) is 5.82 Å². The zero-order chi connectivity index (χ0) is 22.1. The van der Waals surface area contributed by atoms with Crippen molar-refractivity contribution in [2.75, 3.05) is 5.32 Å². The number of aromatic nitrogens is 5. The van der Waals surface area contributed by atoms with Crippen LogP contribution in [0.2, 0.25) is 0 Å². The van der Waals surface area contributed by atoms with Gasteiger partial charge in [-0.25, -0.2) is 14.2 Å². The van der Waals surface area contributed by atoms with Gasteiger partial charge in [-0.15, -0.1) is 0 Å². The second kappa shape index (κ2) is 8.55. The zero-order valence-electron chi connectivity index (χ0n) is 18.3. The Morgan fingerprint density at radius 1 is 1.10 bits per heavy atom. The third-order valence-corrected chi connectivity index (χ3v) is 6.03. The maximum Gasteiger partial charge on any atom is 0.238 e. The lowest BCUT2D eigenvalue weighted by molar-refractivity contribution is -0.115. The first-order chi connectivity index (χ1) is 14.8. The topological polar surface area (TPSA) is 77.1 Å². The third kappa shape index (κ3) is 4.20. The molecule has 4 rings (SSSR count). The van der Waals surface area contributed by atoms with E-state index >= 15 is 0 Å². The van der Waals surface area contributed by atoms with Gasteiger partial charge in [-0.05, 0) is 46.2 Å². The minimum atomic E-state index is -0.368. The second-order valence-corrected chi connectivity index (χ2v) is 9.15. The van der Waals surface area contributed by atoms with Crippen LogP contribution in [0.5, 0.6) is 0 Å². The standard InChI is InChI=1S/C23H26N6OS/c1-14(2)28-19(11-12-24-28)25-22(30)17(5)31-23-26-20(18-9-7-6-8-10-18)21-15(3)13-16(4)27-29(21)23/h6-14,17H,1-5H3,(H,25,30). The molecule has 160 valence electrons. The number of thioether (sulfide) groups is 1. The van der Waals surface area contributed by atoms with Crippen molar-refractivity contribution in [2.24, 2.45) is 0 Å². The number of carbonyl (C=O) groups excluding carboxylic acids is 1. The molecule has 0 bridgehead atoms. The molecule has 0 saturated heterocycles. The lowest BCUT2D eigenvalue weighted by Crippen LogP contribution is -2.24. The van der Waals surface area contributed by atoms with Crippen LogP contribution in [-0.4, -0.2) is 35.5 Å². The molecule has 31 heavy (non-hydrogen) atoms. The summed E-state index contributed by atoms with van der Waals surface area (Å²) in [7, 11) is 0. The van der Waals surface area contributed by atoms with Crippen molar-refractivity contribution >= 4 is 29.0 Å². The van der Waals surface area contributed by atoms with Crippen molar-refractivity contribution in [1.29, 1.82) is 0 Å². The van der Waals surface area contributed by atoms with E-state index in [0.717, 1.165) is 28.0 Å². The normalized spacial score (nSPS) is 12.5. The summed E-state index contributed by atoms with van der Waals surface area (Å²) in [6.07, 6.45) is 1.69. The predicted octanol–water partition coefficient (Wildman–Crippen LogP) is 4.91. The van der Waals surface area contributed by atoms with Crippen LogP contribution in [0.1, 0.15) is 38.1 Å². The SMILES string of the molecule is Cc1cc(C)c2c(-c3ccccc3)nc(SC(C)C(=O)Nc3ccnn3C(C)C)n2n1. The van der Waals surface area contributed by atoms with E-state index in [1.54, 1.807) is 10.9 Å². The van der Waals surface area contributed by atoms with E-state index < -0.39 is 0 Å². The van der Waals surface area contributed by atoms with Gasteiger partial charge in [0.05, 0.1) is 28.4 Å². The quantitative estimate of drug-likeness (QED) is 0.436. The smallest absolute Gasteiger partial charge is 0.238 e. The number of aryl methyl sites for hydroxylation is 2. The summed E-state index contributed by atoms with van der Waals surface area (Å²) in [5, 5.41) is 12.3. The molecular formula is C23H26N6OS. The highest BCUT2D eigenvalue weighted by molar-refractivity contribution is 8.00. The molecule has 0 saturated carbocycles. The number of fused-ring (bicyclic) bond motifs is 1. The lowest BCUT2D eigenvalue weighted by Gasteiger charge is -2.14. The number of rotatable bonds is 6. The van der Waals surface area contributed by atoms with Crippen LogP contribution >= 0.6 is 11.8 Å².